The molecule has 1 fully saturated rings. The lowest BCUT2D eigenvalue weighted by atomic mass is 10.0. The van der Waals surface area contributed by atoms with Gasteiger partial charge in [-0.15, -0.1) is 12.4 Å². The van der Waals surface area contributed by atoms with E-state index in [9.17, 15) is 9.90 Å². The molecular formula is C26H27Cl2N3O3. The summed E-state index contributed by atoms with van der Waals surface area (Å²) in [5.41, 5.74) is 4.21. The smallest absolute Gasteiger partial charge is 0.306 e. The van der Waals surface area contributed by atoms with Crippen LogP contribution in [0.25, 0.3) is 11.4 Å². The summed E-state index contributed by atoms with van der Waals surface area (Å²) in [5.74, 6) is 0.634. The minimum absolute atomic E-state index is 0. The molecule has 0 spiro atoms. The van der Waals surface area contributed by atoms with Crippen molar-refractivity contribution < 1.29 is 14.6 Å². The molecule has 178 valence electrons. The van der Waals surface area contributed by atoms with Crippen molar-refractivity contribution in [1.29, 1.82) is 0 Å². The lowest BCUT2D eigenvalue weighted by Crippen LogP contribution is -2.38. The number of hydrogen-bond donors (Lipinski definition) is 1. The number of nitrogens with zero attached hydrogens (tertiary/aromatic N) is 3. The standard InChI is InChI=1S/C26H26ClN3O3.ClH/c27-21-3-1-2-17(12-21)16-33-23-8-5-18(6-9-23)25-28-14-20-15-30(11-10-24(20)29-25)22-7-4-19(13-22)26(31)32;/h1-3,5-6,8-9,12,14,19,22H,4,7,10-11,13,15-16H2,(H,31,32);1H. The number of hydrogen-bond acceptors (Lipinski definition) is 5. The Labute approximate surface area is 210 Å². The zero-order valence-electron chi connectivity index (χ0n) is 18.7. The van der Waals surface area contributed by atoms with Crippen molar-refractivity contribution in [2.45, 2.75) is 44.9 Å². The van der Waals surface area contributed by atoms with E-state index in [1.54, 1.807) is 0 Å². The number of fused-ring (bicyclic) bond motifs is 1. The molecule has 5 rings (SSSR count). The second-order valence-electron chi connectivity index (χ2n) is 8.83. The van der Waals surface area contributed by atoms with Gasteiger partial charge in [0.2, 0.25) is 0 Å². The molecule has 6 nitrogen and oxygen atoms in total. The highest BCUT2D eigenvalue weighted by atomic mass is 35.5. The minimum Gasteiger partial charge on any atom is -0.489 e. The summed E-state index contributed by atoms with van der Waals surface area (Å²) in [6.45, 7) is 2.17. The van der Waals surface area contributed by atoms with Crippen LogP contribution < -0.4 is 4.74 Å². The van der Waals surface area contributed by atoms with Crippen LogP contribution in [-0.4, -0.2) is 38.5 Å². The molecule has 3 aromatic rings. The number of benzene rings is 2. The van der Waals surface area contributed by atoms with Gasteiger partial charge in [0.15, 0.2) is 5.82 Å². The van der Waals surface area contributed by atoms with Gasteiger partial charge in [-0.05, 0) is 61.2 Å². The van der Waals surface area contributed by atoms with Crippen molar-refractivity contribution in [3.63, 3.8) is 0 Å². The number of halogens is 2. The van der Waals surface area contributed by atoms with Gasteiger partial charge in [-0.2, -0.15) is 0 Å². The first-order chi connectivity index (χ1) is 16.0. The largest absolute Gasteiger partial charge is 0.489 e. The predicted octanol–water partition coefficient (Wildman–Crippen LogP) is 5.41. The average Bonchev–Trinajstić information content (AvgIpc) is 3.33. The van der Waals surface area contributed by atoms with E-state index in [2.05, 4.69) is 9.88 Å². The number of aliphatic carboxylic acids is 1. The first kappa shape index (κ1) is 24.5. The Morgan fingerprint density at radius 1 is 1.18 bits per heavy atom. The van der Waals surface area contributed by atoms with Crippen molar-refractivity contribution in [2.75, 3.05) is 6.54 Å². The zero-order valence-corrected chi connectivity index (χ0v) is 20.3. The van der Waals surface area contributed by atoms with E-state index in [0.29, 0.717) is 17.7 Å². The molecule has 0 saturated heterocycles. The molecule has 0 radical (unpaired) electrons. The number of carboxylic acids is 1. The number of ether oxygens (including phenoxy) is 1. The molecule has 0 amide bonds. The Balaban J connectivity index is 0.00000274. The van der Waals surface area contributed by atoms with Crippen LogP contribution in [0.4, 0.5) is 0 Å². The molecule has 0 bridgehead atoms. The van der Waals surface area contributed by atoms with Gasteiger partial charge in [-0.25, -0.2) is 9.97 Å². The fourth-order valence-electron chi connectivity index (χ4n) is 4.80. The first-order valence-electron chi connectivity index (χ1n) is 11.3. The second kappa shape index (κ2) is 10.7. The summed E-state index contributed by atoms with van der Waals surface area (Å²) in [6, 6.07) is 15.8. The third-order valence-electron chi connectivity index (χ3n) is 6.64. The Hall–Kier alpha value is -2.67. The Kier molecular flexibility index (Phi) is 7.71. The molecule has 1 aromatic heterocycles. The van der Waals surface area contributed by atoms with Gasteiger partial charge >= 0.3 is 5.97 Å². The number of carbonyl (C=O) groups is 1. The molecule has 2 heterocycles. The third-order valence-corrected chi connectivity index (χ3v) is 6.88. The molecule has 1 aliphatic carbocycles. The van der Waals surface area contributed by atoms with E-state index < -0.39 is 5.97 Å². The molecule has 2 unspecified atom stereocenters. The molecule has 1 aliphatic heterocycles. The second-order valence-corrected chi connectivity index (χ2v) is 9.27. The maximum Gasteiger partial charge on any atom is 0.306 e. The van der Waals surface area contributed by atoms with Gasteiger partial charge in [-0.1, -0.05) is 23.7 Å². The zero-order chi connectivity index (χ0) is 22.8. The maximum atomic E-state index is 11.3. The van der Waals surface area contributed by atoms with E-state index in [0.717, 1.165) is 72.7 Å². The van der Waals surface area contributed by atoms with Crippen LogP contribution in [0.15, 0.2) is 54.7 Å². The van der Waals surface area contributed by atoms with Gasteiger partial charge in [0.1, 0.15) is 12.4 Å². The highest BCUT2D eigenvalue weighted by Gasteiger charge is 2.34. The molecular weight excluding hydrogens is 473 g/mol. The van der Waals surface area contributed by atoms with Gasteiger partial charge in [0.25, 0.3) is 0 Å². The molecule has 1 N–H and O–H groups in total. The lowest BCUT2D eigenvalue weighted by Gasteiger charge is -2.33. The fraction of sp³-hybridized carbons (Fsp3) is 0.346. The van der Waals surface area contributed by atoms with E-state index >= 15 is 0 Å². The molecule has 2 aliphatic rings. The van der Waals surface area contributed by atoms with E-state index in [4.69, 9.17) is 21.3 Å². The number of carboxylic acid groups (broad SMARTS) is 1. The van der Waals surface area contributed by atoms with Crippen molar-refractivity contribution in [2.24, 2.45) is 5.92 Å². The third kappa shape index (κ3) is 5.52. The van der Waals surface area contributed by atoms with E-state index in [-0.39, 0.29) is 18.3 Å². The molecule has 1 saturated carbocycles. The highest BCUT2D eigenvalue weighted by molar-refractivity contribution is 6.30. The van der Waals surface area contributed by atoms with Crippen LogP contribution in [0.1, 0.15) is 36.1 Å². The molecule has 34 heavy (non-hydrogen) atoms. The topological polar surface area (TPSA) is 75.5 Å². The highest BCUT2D eigenvalue weighted by Crippen LogP contribution is 2.32. The van der Waals surface area contributed by atoms with Gasteiger partial charge in [0, 0.05) is 47.9 Å². The van der Waals surface area contributed by atoms with Crippen LogP contribution >= 0.6 is 24.0 Å². The Morgan fingerprint density at radius 2 is 2.00 bits per heavy atom. The van der Waals surface area contributed by atoms with Crippen LogP contribution in [0.5, 0.6) is 5.75 Å². The van der Waals surface area contributed by atoms with Crippen LogP contribution in [0, 0.1) is 5.92 Å². The average molecular weight is 500 g/mol. The predicted molar refractivity (Wildman–Crippen MR) is 133 cm³/mol. The summed E-state index contributed by atoms with van der Waals surface area (Å²) in [5, 5.41) is 9.98. The lowest BCUT2D eigenvalue weighted by molar-refractivity contribution is -0.141. The molecule has 8 heteroatoms. The summed E-state index contributed by atoms with van der Waals surface area (Å²) < 4.78 is 5.87. The Bertz CT molecular complexity index is 1160. The number of aromatic nitrogens is 2. The van der Waals surface area contributed by atoms with Gasteiger partial charge < -0.3 is 9.84 Å². The van der Waals surface area contributed by atoms with Crippen LogP contribution in [-0.2, 0) is 24.4 Å². The van der Waals surface area contributed by atoms with Crippen LogP contribution in [0.3, 0.4) is 0 Å². The van der Waals surface area contributed by atoms with E-state index in [1.165, 1.54) is 0 Å². The first-order valence-corrected chi connectivity index (χ1v) is 11.7. The normalized spacial score (nSPS) is 19.8. The molecule has 2 aromatic carbocycles. The number of rotatable bonds is 6. The minimum atomic E-state index is -0.663. The van der Waals surface area contributed by atoms with Crippen molar-refractivity contribution >= 4 is 30.0 Å². The fourth-order valence-corrected chi connectivity index (χ4v) is 5.01. The SMILES string of the molecule is Cl.O=C(O)C1CCC(N2CCc3nc(-c4ccc(OCc5cccc(Cl)c5)cc4)ncc3C2)C1. The van der Waals surface area contributed by atoms with Crippen molar-refractivity contribution in [3.05, 3.63) is 76.6 Å². The maximum absolute atomic E-state index is 11.3. The molecule has 2 atom stereocenters. The summed E-state index contributed by atoms with van der Waals surface area (Å²) in [4.78, 5) is 23.1. The van der Waals surface area contributed by atoms with Gasteiger partial charge in [-0.3, -0.25) is 9.69 Å². The quantitative estimate of drug-likeness (QED) is 0.488. The van der Waals surface area contributed by atoms with Crippen molar-refractivity contribution in [3.8, 4) is 17.1 Å². The summed E-state index contributed by atoms with van der Waals surface area (Å²) >= 11 is 6.03. The van der Waals surface area contributed by atoms with Gasteiger partial charge in [0.05, 0.1) is 11.6 Å². The monoisotopic (exact) mass is 499 g/mol. The summed E-state index contributed by atoms with van der Waals surface area (Å²) in [6.07, 6.45) is 5.26. The summed E-state index contributed by atoms with van der Waals surface area (Å²) in [7, 11) is 0. The van der Waals surface area contributed by atoms with E-state index in [1.807, 2.05) is 54.7 Å². The van der Waals surface area contributed by atoms with Crippen LogP contribution in [0.2, 0.25) is 5.02 Å². The Morgan fingerprint density at radius 3 is 2.74 bits per heavy atom. The van der Waals surface area contributed by atoms with Crippen molar-refractivity contribution in [1.82, 2.24) is 14.9 Å².